The first-order valence-corrected chi connectivity index (χ1v) is 7.94. The molecule has 2 rings (SSSR count). The molecule has 0 radical (unpaired) electrons. The van der Waals surface area contributed by atoms with Gasteiger partial charge in [-0.05, 0) is 57.8 Å². The molecule has 2 nitrogen and oxygen atoms in total. The van der Waals surface area contributed by atoms with Gasteiger partial charge >= 0.3 is 0 Å². The zero-order valence-electron chi connectivity index (χ0n) is 13.1. The van der Waals surface area contributed by atoms with Crippen LogP contribution in [0.1, 0.15) is 62.4 Å². The van der Waals surface area contributed by atoms with E-state index in [0.29, 0.717) is 0 Å². The van der Waals surface area contributed by atoms with Gasteiger partial charge in [0.1, 0.15) is 0 Å². The van der Waals surface area contributed by atoms with E-state index in [1.165, 1.54) is 31.2 Å². The molecule has 1 heterocycles. The lowest BCUT2D eigenvalue weighted by Crippen LogP contribution is -2.50. The lowest BCUT2D eigenvalue weighted by Gasteiger charge is -2.36. The molecule has 110 valence electrons. The van der Waals surface area contributed by atoms with Gasteiger partial charge in [-0.1, -0.05) is 38.0 Å². The summed E-state index contributed by atoms with van der Waals surface area (Å²) in [7, 11) is 0. The summed E-state index contributed by atoms with van der Waals surface area (Å²) in [5.74, 6) is 0.259. The molecule has 0 unspecified atom stereocenters. The molecule has 2 heteroatoms. The van der Waals surface area contributed by atoms with Gasteiger partial charge < -0.3 is 0 Å². The maximum absolute atomic E-state index is 12.9. The zero-order chi connectivity index (χ0) is 14.6. The molecule has 0 aromatic heterocycles. The molecule has 0 atom stereocenters. The second-order valence-corrected chi connectivity index (χ2v) is 6.34. The molecule has 1 aliphatic rings. The summed E-state index contributed by atoms with van der Waals surface area (Å²) < 4.78 is 0. The normalized spacial score (nSPS) is 17.8. The Morgan fingerprint density at radius 1 is 1.15 bits per heavy atom. The molecule has 0 spiro atoms. The number of nitrogens with zero attached hydrogens (tertiary/aromatic N) is 1. The third-order valence-electron chi connectivity index (χ3n) is 4.55. The van der Waals surface area contributed by atoms with Crippen molar-refractivity contribution in [2.24, 2.45) is 0 Å². The van der Waals surface area contributed by atoms with Crippen LogP contribution in [0.2, 0.25) is 0 Å². The third kappa shape index (κ3) is 3.29. The van der Waals surface area contributed by atoms with Crippen LogP contribution in [0.25, 0.3) is 0 Å². The first-order valence-electron chi connectivity index (χ1n) is 7.94. The SMILES string of the molecule is CCc1cccc(C(=O)C(C)(C)N2CCCCCC2)c1. The predicted octanol–water partition coefficient (Wildman–Crippen LogP) is 4.09. The van der Waals surface area contributed by atoms with Crippen molar-refractivity contribution in [3.8, 4) is 0 Å². The summed E-state index contributed by atoms with van der Waals surface area (Å²) >= 11 is 0. The molecule has 0 saturated carbocycles. The molecule has 1 aromatic rings. The maximum Gasteiger partial charge on any atom is 0.182 e. The van der Waals surface area contributed by atoms with Crippen LogP contribution >= 0.6 is 0 Å². The number of benzene rings is 1. The molecular weight excluding hydrogens is 246 g/mol. The highest BCUT2D eigenvalue weighted by Gasteiger charge is 2.35. The zero-order valence-corrected chi connectivity index (χ0v) is 13.1. The van der Waals surface area contributed by atoms with Crippen molar-refractivity contribution in [1.82, 2.24) is 4.90 Å². The minimum Gasteiger partial charge on any atom is -0.292 e. The molecule has 0 N–H and O–H groups in total. The number of hydrogen-bond acceptors (Lipinski definition) is 2. The number of carbonyl (C=O) groups is 1. The summed E-state index contributed by atoms with van der Waals surface area (Å²) in [6.07, 6.45) is 6.00. The van der Waals surface area contributed by atoms with Gasteiger partial charge in [-0.25, -0.2) is 0 Å². The molecule has 20 heavy (non-hydrogen) atoms. The standard InChI is InChI=1S/C18H27NO/c1-4-15-10-9-11-16(14-15)17(20)18(2,3)19-12-7-5-6-8-13-19/h9-11,14H,4-8,12-13H2,1-3H3. The quantitative estimate of drug-likeness (QED) is 0.770. The molecule has 1 fully saturated rings. The van der Waals surface area contributed by atoms with Gasteiger partial charge in [0.15, 0.2) is 5.78 Å². The van der Waals surface area contributed by atoms with E-state index in [1.807, 2.05) is 12.1 Å². The van der Waals surface area contributed by atoms with Crippen molar-refractivity contribution in [3.05, 3.63) is 35.4 Å². The van der Waals surface area contributed by atoms with Crippen molar-refractivity contribution in [3.63, 3.8) is 0 Å². The van der Waals surface area contributed by atoms with Gasteiger partial charge in [0.2, 0.25) is 0 Å². The van der Waals surface area contributed by atoms with Gasteiger partial charge in [-0.2, -0.15) is 0 Å². The highest BCUT2D eigenvalue weighted by Crippen LogP contribution is 2.24. The number of likely N-dealkylation sites (tertiary alicyclic amines) is 1. The first kappa shape index (κ1) is 15.2. The lowest BCUT2D eigenvalue weighted by atomic mass is 9.90. The fourth-order valence-corrected chi connectivity index (χ4v) is 3.06. The van der Waals surface area contributed by atoms with E-state index >= 15 is 0 Å². The van der Waals surface area contributed by atoms with Gasteiger partial charge in [0.05, 0.1) is 5.54 Å². The summed E-state index contributed by atoms with van der Waals surface area (Å²) in [6.45, 7) is 8.39. The monoisotopic (exact) mass is 273 g/mol. The minimum atomic E-state index is -0.392. The van der Waals surface area contributed by atoms with Crippen molar-refractivity contribution in [2.75, 3.05) is 13.1 Å². The Bertz CT molecular complexity index is 456. The van der Waals surface area contributed by atoms with Crippen LogP contribution in [0.4, 0.5) is 0 Å². The van der Waals surface area contributed by atoms with E-state index < -0.39 is 5.54 Å². The van der Waals surface area contributed by atoms with Crippen LogP contribution < -0.4 is 0 Å². The maximum atomic E-state index is 12.9. The Morgan fingerprint density at radius 3 is 2.40 bits per heavy atom. The third-order valence-corrected chi connectivity index (χ3v) is 4.55. The van der Waals surface area contributed by atoms with Crippen molar-refractivity contribution >= 4 is 5.78 Å². The summed E-state index contributed by atoms with van der Waals surface area (Å²) in [6, 6.07) is 8.11. The second kappa shape index (κ2) is 6.53. The van der Waals surface area contributed by atoms with E-state index in [0.717, 1.165) is 25.1 Å². The Balaban J connectivity index is 2.20. The number of rotatable bonds is 4. The summed E-state index contributed by atoms with van der Waals surface area (Å²) in [5, 5.41) is 0. The first-order chi connectivity index (χ1) is 9.55. The molecular formula is C18H27NO. The van der Waals surface area contributed by atoms with Crippen LogP contribution in [0.15, 0.2) is 24.3 Å². The largest absolute Gasteiger partial charge is 0.292 e. The average Bonchev–Trinajstić information content (AvgIpc) is 2.76. The van der Waals surface area contributed by atoms with Gasteiger partial charge in [0, 0.05) is 5.56 Å². The van der Waals surface area contributed by atoms with Gasteiger partial charge in [-0.15, -0.1) is 0 Å². The Morgan fingerprint density at radius 2 is 1.80 bits per heavy atom. The summed E-state index contributed by atoms with van der Waals surface area (Å²) in [5.41, 5.74) is 1.71. The van der Waals surface area contributed by atoms with Crippen LogP contribution in [-0.4, -0.2) is 29.3 Å². The Hall–Kier alpha value is -1.15. The predicted molar refractivity (Wildman–Crippen MR) is 84.3 cm³/mol. The van der Waals surface area contributed by atoms with Crippen LogP contribution in [0, 0.1) is 0 Å². The highest BCUT2D eigenvalue weighted by atomic mass is 16.1. The van der Waals surface area contributed by atoms with E-state index in [4.69, 9.17) is 0 Å². The Kier molecular flexibility index (Phi) is 4.98. The van der Waals surface area contributed by atoms with E-state index in [-0.39, 0.29) is 5.78 Å². The van der Waals surface area contributed by atoms with Crippen LogP contribution in [0.5, 0.6) is 0 Å². The van der Waals surface area contributed by atoms with Crippen LogP contribution in [-0.2, 0) is 6.42 Å². The van der Waals surface area contributed by atoms with E-state index in [1.54, 1.807) is 0 Å². The molecule has 1 aliphatic heterocycles. The van der Waals surface area contributed by atoms with Gasteiger partial charge in [-0.3, -0.25) is 9.69 Å². The lowest BCUT2D eigenvalue weighted by molar-refractivity contribution is 0.0649. The number of aryl methyl sites for hydroxylation is 1. The van der Waals surface area contributed by atoms with Crippen molar-refractivity contribution < 1.29 is 4.79 Å². The number of ketones is 1. The molecule has 0 aliphatic carbocycles. The molecule has 1 aromatic carbocycles. The topological polar surface area (TPSA) is 20.3 Å². The van der Waals surface area contributed by atoms with Crippen molar-refractivity contribution in [1.29, 1.82) is 0 Å². The number of Topliss-reactive ketones (excluding diaryl/α,β-unsaturated/α-hetero) is 1. The number of carbonyl (C=O) groups excluding carboxylic acids is 1. The number of hydrogen-bond donors (Lipinski definition) is 0. The van der Waals surface area contributed by atoms with Crippen LogP contribution in [0.3, 0.4) is 0 Å². The van der Waals surface area contributed by atoms with E-state index in [2.05, 4.69) is 37.8 Å². The molecule has 1 saturated heterocycles. The average molecular weight is 273 g/mol. The highest BCUT2D eigenvalue weighted by molar-refractivity contribution is 6.02. The molecule has 0 bridgehead atoms. The fraction of sp³-hybridized carbons (Fsp3) is 0.611. The summed E-state index contributed by atoms with van der Waals surface area (Å²) in [4.78, 5) is 15.3. The second-order valence-electron chi connectivity index (χ2n) is 6.34. The Labute approximate surface area is 123 Å². The van der Waals surface area contributed by atoms with Gasteiger partial charge in [0.25, 0.3) is 0 Å². The smallest absolute Gasteiger partial charge is 0.182 e. The fourth-order valence-electron chi connectivity index (χ4n) is 3.06. The molecule has 0 amide bonds. The minimum absolute atomic E-state index is 0.259. The van der Waals surface area contributed by atoms with E-state index in [9.17, 15) is 4.79 Å². The van der Waals surface area contributed by atoms with Crippen molar-refractivity contribution in [2.45, 2.75) is 58.4 Å².